The van der Waals surface area contributed by atoms with E-state index in [9.17, 15) is 31.1 Å². The molecule has 7 nitrogen and oxygen atoms in total. The Bertz CT molecular complexity index is 1300. The van der Waals surface area contributed by atoms with Crippen molar-refractivity contribution in [3.8, 4) is 11.4 Å². The summed E-state index contributed by atoms with van der Waals surface area (Å²) >= 11 is 0. The van der Waals surface area contributed by atoms with Crippen molar-refractivity contribution < 1.29 is 31.1 Å². The van der Waals surface area contributed by atoms with Crippen LogP contribution in [0.3, 0.4) is 0 Å². The van der Waals surface area contributed by atoms with Gasteiger partial charge >= 0.3 is 12.4 Å². The van der Waals surface area contributed by atoms with Gasteiger partial charge in [-0.3, -0.25) is 9.78 Å². The van der Waals surface area contributed by atoms with Crippen molar-refractivity contribution in [2.45, 2.75) is 18.4 Å². The molecule has 0 aliphatic carbocycles. The van der Waals surface area contributed by atoms with Crippen LogP contribution in [0.1, 0.15) is 38.8 Å². The lowest BCUT2D eigenvalue weighted by Crippen LogP contribution is -2.31. The smallest absolute Gasteiger partial charge is 0.340 e. The Morgan fingerprint density at radius 3 is 2.14 bits per heavy atom. The Balaban J connectivity index is 1.70. The van der Waals surface area contributed by atoms with Gasteiger partial charge in [-0.05, 0) is 47.2 Å². The first-order valence-corrected chi connectivity index (χ1v) is 9.88. The summed E-state index contributed by atoms with van der Waals surface area (Å²) in [5.74, 6) is -0.503. The zero-order valence-electron chi connectivity index (χ0n) is 17.4. The number of tetrazole rings is 1. The minimum atomic E-state index is -4.81. The number of H-pyrrole nitrogens is 1. The highest BCUT2D eigenvalue weighted by Crippen LogP contribution is 2.36. The van der Waals surface area contributed by atoms with Crippen LogP contribution in [0.2, 0.25) is 0 Å². The van der Waals surface area contributed by atoms with Crippen LogP contribution >= 0.6 is 0 Å². The standard InChI is InChI=1S/C22H14F6N6O/c23-21(24,25)15-9-7-12(8-10-15)17(18-16(22(26,27)28)2-1-11-29-18)30-20(35)14-5-3-13(4-6-14)19-31-33-34-32-19/h1-11,17H,(H,30,35)(H,31,32,33,34)/t17-/m0/s1. The van der Waals surface area contributed by atoms with Crippen molar-refractivity contribution in [1.29, 1.82) is 0 Å². The maximum absolute atomic E-state index is 13.7. The molecule has 0 radical (unpaired) electrons. The Morgan fingerprint density at radius 2 is 1.57 bits per heavy atom. The molecule has 0 aliphatic rings. The number of pyridine rings is 1. The Hall–Kier alpha value is -4.29. The highest BCUT2D eigenvalue weighted by molar-refractivity contribution is 5.95. The van der Waals surface area contributed by atoms with Crippen molar-refractivity contribution in [2.24, 2.45) is 0 Å². The van der Waals surface area contributed by atoms with Crippen molar-refractivity contribution in [2.75, 3.05) is 0 Å². The van der Waals surface area contributed by atoms with Crippen LogP contribution in [-0.4, -0.2) is 31.5 Å². The monoisotopic (exact) mass is 492 g/mol. The molecule has 180 valence electrons. The van der Waals surface area contributed by atoms with Gasteiger partial charge < -0.3 is 5.32 Å². The zero-order valence-corrected chi connectivity index (χ0v) is 17.4. The lowest BCUT2D eigenvalue weighted by molar-refractivity contribution is -0.139. The predicted octanol–water partition coefficient (Wildman–Crippen LogP) is 4.82. The van der Waals surface area contributed by atoms with Crippen LogP contribution in [-0.2, 0) is 12.4 Å². The fourth-order valence-electron chi connectivity index (χ4n) is 3.33. The molecule has 0 saturated carbocycles. The molecule has 1 amide bonds. The molecule has 0 fully saturated rings. The van der Waals surface area contributed by atoms with Crippen LogP contribution in [0.5, 0.6) is 0 Å². The maximum atomic E-state index is 13.7. The van der Waals surface area contributed by atoms with Crippen molar-refractivity contribution in [3.05, 3.63) is 94.8 Å². The molecule has 4 rings (SSSR count). The second-order valence-corrected chi connectivity index (χ2v) is 7.27. The number of aromatic nitrogens is 5. The molecular formula is C22H14F6N6O. The lowest BCUT2D eigenvalue weighted by Gasteiger charge is -2.23. The Labute approximate surface area is 193 Å². The van der Waals surface area contributed by atoms with E-state index >= 15 is 0 Å². The molecule has 0 bridgehead atoms. The molecular weight excluding hydrogens is 478 g/mol. The number of aromatic amines is 1. The molecule has 4 aromatic rings. The Morgan fingerprint density at radius 1 is 0.886 bits per heavy atom. The zero-order chi connectivity index (χ0) is 25.2. The number of alkyl halides is 6. The van der Waals surface area contributed by atoms with Crippen LogP contribution in [0.4, 0.5) is 26.3 Å². The summed E-state index contributed by atoms with van der Waals surface area (Å²) in [6, 6.07) is 9.64. The van der Waals surface area contributed by atoms with E-state index in [4.69, 9.17) is 0 Å². The van der Waals surface area contributed by atoms with E-state index < -0.39 is 41.1 Å². The number of carbonyl (C=O) groups is 1. The lowest BCUT2D eigenvalue weighted by atomic mass is 9.97. The number of benzene rings is 2. The van der Waals surface area contributed by atoms with Gasteiger partial charge in [0, 0.05) is 17.3 Å². The first-order valence-electron chi connectivity index (χ1n) is 9.88. The summed E-state index contributed by atoms with van der Waals surface area (Å²) < 4.78 is 79.9. The molecule has 0 unspecified atom stereocenters. The second kappa shape index (κ2) is 9.16. The molecule has 1 atom stereocenters. The first-order chi connectivity index (χ1) is 16.5. The maximum Gasteiger partial charge on any atom is 0.418 e. The summed E-state index contributed by atoms with van der Waals surface area (Å²) in [5, 5.41) is 15.8. The largest absolute Gasteiger partial charge is 0.418 e. The van der Waals surface area contributed by atoms with Gasteiger partial charge in [-0.2, -0.15) is 31.6 Å². The van der Waals surface area contributed by atoms with Gasteiger partial charge in [0.1, 0.15) is 0 Å². The number of nitrogens with one attached hydrogen (secondary N) is 2. The van der Waals surface area contributed by atoms with E-state index in [0.717, 1.165) is 42.6 Å². The van der Waals surface area contributed by atoms with Crippen LogP contribution < -0.4 is 5.32 Å². The van der Waals surface area contributed by atoms with Crippen LogP contribution in [0, 0.1) is 0 Å². The van der Waals surface area contributed by atoms with Gasteiger partial charge in [0.05, 0.1) is 22.9 Å². The fourth-order valence-corrected chi connectivity index (χ4v) is 3.33. The topological polar surface area (TPSA) is 96.5 Å². The van der Waals surface area contributed by atoms with Crippen molar-refractivity contribution in [3.63, 3.8) is 0 Å². The van der Waals surface area contributed by atoms with Gasteiger partial charge in [-0.1, -0.05) is 24.3 Å². The molecule has 2 aromatic heterocycles. The minimum Gasteiger partial charge on any atom is -0.340 e. The quantitative estimate of drug-likeness (QED) is 0.390. The SMILES string of the molecule is O=C(N[C@@H](c1ccc(C(F)(F)F)cc1)c1ncccc1C(F)(F)F)c1ccc(-c2nn[nH]n2)cc1. The normalized spacial score (nSPS) is 12.9. The molecule has 0 aliphatic heterocycles. The molecule has 0 spiro atoms. The van der Waals surface area contributed by atoms with E-state index in [-0.39, 0.29) is 17.0 Å². The first kappa shape index (κ1) is 23.9. The van der Waals surface area contributed by atoms with Gasteiger partial charge in [0.25, 0.3) is 5.91 Å². The van der Waals surface area contributed by atoms with Gasteiger partial charge in [0.15, 0.2) is 0 Å². The number of hydrogen-bond donors (Lipinski definition) is 2. The summed E-state index contributed by atoms with van der Waals surface area (Å²) in [6.07, 6.45) is -8.35. The van der Waals surface area contributed by atoms with Crippen LogP contribution in [0.15, 0.2) is 66.9 Å². The third kappa shape index (κ3) is 5.28. The predicted molar refractivity (Wildman–Crippen MR) is 110 cm³/mol. The summed E-state index contributed by atoms with van der Waals surface area (Å²) in [4.78, 5) is 16.7. The average molecular weight is 492 g/mol. The summed E-state index contributed by atoms with van der Waals surface area (Å²) in [5.41, 5.74) is -2.08. The molecule has 2 N–H and O–H groups in total. The third-order valence-corrected chi connectivity index (χ3v) is 5.01. The van der Waals surface area contributed by atoms with Crippen LogP contribution in [0.25, 0.3) is 11.4 Å². The van der Waals surface area contributed by atoms with Crippen molar-refractivity contribution in [1.82, 2.24) is 30.9 Å². The van der Waals surface area contributed by atoms with E-state index in [1.807, 2.05) is 0 Å². The number of hydrogen-bond acceptors (Lipinski definition) is 5. The van der Waals surface area contributed by atoms with E-state index in [0.29, 0.717) is 5.56 Å². The van der Waals surface area contributed by atoms with Crippen molar-refractivity contribution >= 4 is 5.91 Å². The third-order valence-electron chi connectivity index (χ3n) is 5.01. The summed E-state index contributed by atoms with van der Waals surface area (Å²) in [7, 11) is 0. The Kier molecular flexibility index (Phi) is 6.24. The van der Waals surface area contributed by atoms with E-state index in [1.54, 1.807) is 0 Å². The van der Waals surface area contributed by atoms with Gasteiger partial charge in [-0.15, -0.1) is 10.2 Å². The minimum absolute atomic E-state index is 0.0148. The number of amides is 1. The molecule has 2 heterocycles. The number of carbonyl (C=O) groups excluding carboxylic acids is 1. The molecule has 35 heavy (non-hydrogen) atoms. The van der Waals surface area contributed by atoms with E-state index in [2.05, 4.69) is 30.9 Å². The summed E-state index contributed by atoms with van der Waals surface area (Å²) in [6.45, 7) is 0. The average Bonchev–Trinajstić information content (AvgIpc) is 3.37. The number of halogens is 6. The molecule has 0 saturated heterocycles. The highest BCUT2D eigenvalue weighted by Gasteiger charge is 2.37. The molecule has 13 heteroatoms. The molecule has 2 aromatic carbocycles. The number of nitrogens with zero attached hydrogens (tertiary/aromatic N) is 4. The second-order valence-electron chi connectivity index (χ2n) is 7.27. The number of rotatable bonds is 5. The highest BCUT2D eigenvalue weighted by atomic mass is 19.4. The fraction of sp³-hybridized carbons (Fsp3) is 0.136. The van der Waals surface area contributed by atoms with Gasteiger partial charge in [0.2, 0.25) is 5.82 Å². The van der Waals surface area contributed by atoms with E-state index in [1.165, 1.54) is 24.3 Å². The van der Waals surface area contributed by atoms with Gasteiger partial charge in [-0.25, -0.2) is 0 Å².